The van der Waals surface area contributed by atoms with Gasteiger partial charge in [0.15, 0.2) is 0 Å². The predicted octanol–water partition coefficient (Wildman–Crippen LogP) is 3.81. The van der Waals surface area contributed by atoms with E-state index in [1.54, 1.807) is 12.2 Å². The van der Waals surface area contributed by atoms with Gasteiger partial charge in [-0.2, -0.15) is 0 Å². The Morgan fingerprint density at radius 1 is 0.818 bits per heavy atom. The van der Waals surface area contributed by atoms with Crippen molar-refractivity contribution in [2.45, 2.75) is 65.6 Å². The minimum atomic E-state index is -0.362. The second-order valence-corrected chi connectivity index (χ2v) is 6.44. The van der Waals surface area contributed by atoms with E-state index in [0.717, 1.165) is 25.7 Å². The Bertz CT molecular complexity index is 381. The molecule has 0 bridgehead atoms. The molecule has 0 heterocycles. The van der Waals surface area contributed by atoms with Gasteiger partial charge >= 0.3 is 11.9 Å². The molecule has 124 valence electrons. The van der Waals surface area contributed by atoms with Crippen LogP contribution in [0.25, 0.3) is 0 Å². The largest absolute Gasteiger partial charge is 0.455 e. The van der Waals surface area contributed by atoms with Crippen LogP contribution < -0.4 is 0 Å². The van der Waals surface area contributed by atoms with Gasteiger partial charge < -0.3 is 9.47 Å². The average molecular weight is 308 g/mol. The van der Waals surface area contributed by atoms with Crippen LogP contribution in [-0.4, -0.2) is 24.1 Å². The van der Waals surface area contributed by atoms with Crippen LogP contribution in [0.5, 0.6) is 0 Å². The Kier molecular flexibility index (Phi) is 7.92. The van der Waals surface area contributed by atoms with Crippen molar-refractivity contribution >= 4 is 11.9 Å². The molecule has 0 aliphatic heterocycles. The zero-order valence-electron chi connectivity index (χ0n) is 14.1. The molecule has 0 amide bonds. The van der Waals surface area contributed by atoms with E-state index in [9.17, 15) is 9.59 Å². The molecule has 1 saturated carbocycles. The highest BCUT2D eigenvalue weighted by molar-refractivity contribution is 5.83. The van der Waals surface area contributed by atoms with Crippen LogP contribution >= 0.6 is 0 Å². The van der Waals surface area contributed by atoms with Crippen molar-refractivity contribution in [1.82, 2.24) is 0 Å². The van der Waals surface area contributed by atoms with E-state index in [4.69, 9.17) is 9.47 Å². The van der Waals surface area contributed by atoms with E-state index in [-0.39, 0.29) is 24.1 Å². The van der Waals surface area contributed by atoms with Crippen LogP contribution in [0.3, 0.4) is 0 Å². The van der Waals surface area contributed by atoms with Gasteiger partial charge in [0.1, 0.15) is 12.2 Å². The standard InChI is InChI=1S/C18H28O4/c1-13(2)9-11-17(19)21-15-7-5-6-8-16(15)22-18(20)12-10-14(3)4/h9-16H,5-8H2,1-4H3. The molecule has 2 unspecified atom stereocenters. The van der Waals surface area contributed by atoms with Gasteiger partial charge in [-0.05, 0) is 37.5 Å². The van der Waals surface area contributed by atoms with E-state index >= 15 is 0 Å². The fraction of sp³-hybridized carbons (Fsp3) is 0.667. The third-order valence-corrected chi connectivity index (χ3v) is 3.41. The Balaban J connectivity index is 2.56. The van der Waals surface area contributed by atoms with Crippen LogP contribution in [0.15, 0.2) is 24.3 Å². The zero-order chi connectivity index (χ0) is 16.5. The van der Waals surface area contributed by atoms with Gasteiger partial charge in [0.25, 0.3) is 0 Å². The summed E-state index contributed by atoms with van der Waals surface area (Å²) >= 11 is 0. The zero-order valence-corrected chi connectivity index (χ0v) is 14.1. The van der Waals surface area contributed by atoms with E-state index < -0.39 is 0 Å². The summed E-state index contributed by atoms with van der Waals surface area (Å²) in [5.74, 6) is -0.124. The maximum absolute atomic E-state index is 11.8. The van der Waals surface area contributed by atoms with Crippen LogP contribution in [0, 0.1) is 11.8 Å². The molecule has 0 saturated heterocycles. The third-order valence-electron chi connectivity index (χ3n) is 3.41. The van der Waals surface area contributed by atoms with E-state index in [0.29, 0.717) is 11.8 Å². The quantitative estimate of drug-likeness (QED) is 0.553. The molecule has 22 heavy (non-hydrogen) atoms. The van der Waals surface area contributed by atoms with Crippen LogP contribution in [0.2, 0.25) is 0 Å². The molecule has 4 nitrogen and oxygen atoms in total. The number of allylic oxidation sites excluding steroid dienone is 2. The second-order valence-electron chi connectivity index (χ2n) is 6.44. The van der Waals surface area contributed by atoms with Crippen molar-refractivity contribution in [1.29, 1.82) is 0 Å². The van der Waals surface area contributed by atoms with Crippen LogP contribution in [-0.2, 0) is 19.1 Å². The summed E-state index contributed by atoms with van der Waals surface area (Å²) in [5.41, 5.74) is 0. The third kappa shape index (κ3) is 7.43. The van der Waals surface area contributed by atoms with Gasteiger partial charge in [-0.1, -0.05) is 39.8 Å². The van der Waals surface area contributed by atoms with Gasteiger partial charge in [-0.15, -0.1) is 0 Å². The first-order valence-corrected chi connectivity index (χ1v) is 8.16. The monoisotopic (exact) mass is 308 g/mol. The number of carbonyl (C=O) groups is 2. The number of rotatable bonds is 6. The minimum absolute atomic E-state index is 0.300. The van der Waals surface area contributed by atoms with Gasteiger partial charge in [0.2, 0.25) is 0 Å². The summed E-state index contributed by atoms with van der Waals surface area (Å²) in [6, 6.07) is 0. The molecule has 1 rings (SSSR count). The second kappa shape index (κ2) is 9.44. The van der Waals surface area contributed by atoms with Crippen LogP contribution in [0.4, 0.5) is 0 Å². The first-order valence-electron chi connectivity index (χ1n) is 8.16. The highest BCUT2D eigenvalue weighted by Gasteiger charge is 2.30. The smallest absolute Gasteiger partial charge is 0.330 e. The molecular weight excluding hydrogens is 280 g/mol. The first-order chi connectivity index (χ1) is 10.4. The fourth-order valence-electron chi connectivity index (χ4n) is 2.25. The molecule has 0 radical (unpaired) electrons. The van der Waals surface area contributed by atoms with Gasteiger partial charge in [-0.25, -0.2) is 9.59 Å². The molecule has 1 fully saturated rings. The molecular formula is C18H28O4. The Labute approximate surface area is 133 Å². The van der Waals surface area contributed by atoms with Crippen LogP contribution in [0.1, 0.15) is 53.4 Å². The Morgan fingerprint density at radius 3 is 1.50 bits per heavy atom. The lowest BCUT2D eigenvalue weighted by atomic mass is 9.94. The SMILES string of the molecule is CC(C)C=CC(=O)OC1CCCCC1OC(=O)C=CC(C)C. The first kappa shape index (κ1) is 18.5. The maximum atomic E-state index is 11.8. The van der Waals surface area contributed by atoms with Crippen molar-refractivity contribution < 1.29 is 19.1 Å². The summed E-state index contributed by atoms with van der Waals surface area (Å²) in [5, 5.41) is 0. The molecule has 0 aromatic heterocycles. The average Bonchev–Trinajstić information content (AvgIpc) is 2.45. The van der Waals surface area contributed by atoms with Crippen molar-refractivity contribution in [2.75, 3.05) is 0 Å². The van der Waals surface area contributed by atoms with Gasteiger partial charge in [0, 0.05) is 12.2 Å². The normalized spacial score (nSPS) is 22.6. The van der Waals surface area contributed by atoms with Crippen molar-refractivity contribution in [2.24, 2.45) is 11.8 Å². The van der Waals surface area contributed by atoms with Gasteiger partial charge in [-0.3, -0.25) is 0 Å². The minimum Gasteiger partial charge on any atom is -0.455 e. The molecule has 1 aliphatic rings. The molecule has 0 spiro atoms. The molecule has 1 aliphatic carbocycles. The molecule has 4 heteroatoms. The highest BCUT2D eigenvalue weighted by Crippen LogP contribution is 2.24. The lowest BCUT2D eigenvalue weighted by molar-refractivity contribution is -0.165. The number of carbonyl (C=O) groups excluding carboxylic acids is 2. The van der Waals surface area contributed by atoms with E-state index in [1.165, 1.54) is 12.2 Å². The predicted molar refractivity (Wildman–Crippen MR) is 86.2 cm³/mol. The summed E-state index contributed by atoms with van der Waals surface area (Å²) in [6.07, 6.45) is 9.30. The summed E-state index contributed by atoms with van der Waals surface area (Å²) in [6.45, 7) is 7.98. The summed E-state index contributed by atoms with van der Waals surface area (Å²) in [4.78, 5) is 23.6. The molecule has 2 atom stereocenters. The van der Waals surface area contributed by atoms with Crippen molar-refractivity contribution in [3.63, 3.8) is 0 Å². The lowest BCUT2D eigenvalue weighted by Crippen LogP contribution is -2.37. The maximum Gasteiger partial charge on any atom is 0.330 e. The number of hydrogen-bond donors (Lipinski definition) is 0. The molecule has 0 aromatic rings. The number of ether oxygens (including phenoxy) is 2. The molecule has 0 N–H and O–H groups in total. The van der Waals surface area contributed by atoms with Crippen molar-refractivity contribution in [3.8, 4) is 0 Å². The van der Waals surface area contributed by atoms with E-state index in [2.05, 4.69) is 0 Å². The number of esters is 2. The Morgan fingerprint density at radius 2 is 1.18 bits per heavy atom. The highest BCUT2D eigenvalue weighted by atomic mass is 16.6. The lowest BCUT2D eigenvalue weighted by Gasteiger charge is -2.30. The summed E-state index contributed by atoms with van der Waals surface area (Å²) < 4.78 is 10.9. The topological polar surface area (TPSA) is 52.6 Å². The summed E-state index contributed by atoms with van der Waals surface area (Å²) in [7, 11) is 0. The van der Waals surface area contributed by atoms with Gasteiger partial charge in [0.05, 0.1) is 0 Å². The van der Waals surface area contributed by atoms with E-state index in [1.807, 2.05) is 27.7 Å². The number of hydrogen-bond acceptors (Lipinski definition) is 4. The van der Waals surface area contributed by atoms with Crippen molar-refractivity contribution in [3.05, 3.63) is 24.3 Å². The Hall–Kier alpha value is -1.58. The molecule has 0 aromatic carbocycles. The fourth-order valence-corrected chi connectivity index (χ4v) is 2.25.